The van der Waals surface area contributed by atoms with E-state index in [4.69, 9.17) is 0 Å². The number of aromatic nitrogens is 2. The van der Waals surface area contributed by atoms with Crippen LogP contribution < -0.4 is 0 Å². The standard InChI is InChI=1S/C14H16N2O/c1-11-5-3-4-6-12(11)7-8-14(17)13-9-15-16(2)10-13/h3-6,9-10H,7-8H2,1-2H3. The molecule has 0 fully saturated rings. The van der Waals surface area contributed by atoms with Crippen molar-refractivity contribution in [2.45, 2.75) is 19.8 Å². The fraction of sp³-hybridized carbons (Fsp3) is 0.286. The number of rotatable bonds is 4. The summed E-state index contributed by atoms with van der Waals surface area (Å²) in [7, 11) is 1.82. The number of nitrogens with zero attached hydrogens (tertiary/aromatic N) is 2. The van der Waals surface area contributed by atoms with Crippen molar-refractivity contribution in [1.29, 1.82) is 0 Å². The smallest absolute Gasteiger partial charge is 0.166 e. The van der Waals surface area contributed by atoms with Crippen LogP contribution in [0.1, 0.15) is 27.9 Å². The van der Waals surface area contributed by atoms with E-state index in [1.807, 2.05) is 19.2 Å². The van der Waals surface area contributed by atoms with Crippen LogP contribution in [0.3, 0.4) is 0 Å². The zero-order valence-electron chi connectivity index (χ0n) is 10.2. The molecule has 0 radical (unpaired) electrons. The summed E-state index contributed by atoms with van der Waals surface area (Å²) in [6.07, 6.45) is 4.72. The molecule has 1 heterocycles. The summed E-state index contributed by atoms with van der Waals surface area (Å²) < 4.78 is 1.65. The molecular weight excluding hydrogens is 212 g/mol. The van der Waals surface area contributed by atoms with Crippen molar-refractivity contribution >= 4 is 5.78 Å². The zero-order valence-corrected chi connectivity index (χ0v) is 10.2. The Labute approximate surface area is 101 Å². The summed E-state index contributed by atoms with van der Waals surface area (Å²) in [5.41, 5.74) is 3.18. The second-order valence-corrected chi connectivity index (χ2v) is 4.25. The first kappa shape index (κ1) is 11.6. The topological polar surface area (TPSA) is 34.9 Å². The average Bonchev–Trinajstić information content (AvgIpc) is 2.74. The first-order valence-corrected chi connectivity index (χ1v) is 5.73. The number of hydrogen-bond acceptors (Lipinski definition) is 2. The van der Waals surface area contributed by atoms with Gasteiger partial charge in [0.15, 0.2) is 5.78 Å². The zero-order chi connectivity index (χ0) is 12.3. The summed E-state index contributed by atoms with van der Waals surface area (Å²) in [5, 5.41) is 4.01. The molecule has 0 saturated carbocycles. The maximum atomic E-state index is 11.9. The van der Waals surface area contributed by atoms with Gasteiger partial charge in [0.2, 0.25) is 0 Å². The second-order valence-electron chi connectivity index (χ2n) is 4.25. The summed E-state index contributed by atoms with van der Waals surface area (Å²) in [5.74, 6) is 0.154. The Kier molecular flexibility index (Phi) is 3.38. The van der Waals surface area contributed by atoms with Crippen LogP contribution in [0, 0.1) is 6.92 Å². The van der Waals surface area contributed by atoms with E-state index < -0.39 is 0 Å². The SMILES string of the molecule is Cc1ccccc1CCC(=O)c1cnn(C)c1. The molecule has 0 amide bonds. The molecule has 0 saturated heterocycles. The Morgan fingerprint density at radius 3 is 2.76 bits per heavy atom. The predicted octanol–water partition coefficient (Wildman–Crippen LogP) is 2.54. The van der Waals surface area contributed by atoms with E-state index in [1.54, 1.807) is 17.1 Å². The van der Waals surface area contributed by atoms with Gasteiger partial charge in [-0.1, -0.05) is 24.3 Å². The molecule has 0 aliphatic carbocycles. The molecule has 0 aliphatic rings. The summed E-state index contributed by atoms with van der Waals surface area (Å²) >= 11 is 0. The highest BCUT2D eigenvalue weighted by Crippen LogP contribution is 2.11. The summed E-state index contributed by atoms with van der Waals surface area (Å²) in [6, 6.07) is 8.17. The van der Waals surface area contributed by atoms with Crippen LogP contribution in [0.15, 0.2) is 36.7 Å². The monoisotopic (exact) mass is 228 g/mol. The molecule has 2 aromatic rings. The first-order chi connectivity index (χ1) is 8.16. The summed E-state index contributed by atoms with van der Waals surface area (Å²) in [4.78, 5) is 11.9. The van der Waals surface area contributed by atoms with Gasteiger partial charge in [0.25, 0.3) is 0 Å². The van der Waals surface area contributed by atoms with Gasteiger partial charge >= 0.3 is 0 Å². The third-order valence-electron chi connectivity index (χ3n) is 2.91. The fourth-order valence-electron chi connectivity index (χ4n) is 1.85. The second kappa shape index (κ2) is 4.95. The van der Waals surface area contributed by atoms with Gasteiger partial charge < -0.3 is 0 Å². The minimum absolute atomic E-state index is 0.154. The maximum Gasteiger partial charge on any atom is 0.166 e. The number of Topliss-reactive ketones (excluding diaryl/α,β-unsaturated/α-hetero) is 1. The molecule has 1 aromatic carbocycles. The Hall–Kier alpha value is -1.90. The van der Waals surface area contributed by atoms with Crippen molar-refractivity contribution in [3.63, 3.8) is 0 Å². The molecule has 88 valence electrons. The highest BCUT2D eigenvalue weighted by atomic mass is 16.1. The Morgan fingerprint density at radius 1 is 1.35 bits per heavy atom. The van der Waals surface area contributed by atoms with Gasteiger partial charge in [-0.2, -0.15) is 5.10 Å². The van der Waals surface area contributed by atoms with Crippen molar-refractivity contribution in [2.24, 2.45) is 7.05 Å². The van der Waals surface area contributed by atoms with E-state index in [1.165, 1.54) is 11.1 Å². The molecule has 1 aromatic heterocycles. The number of benzene rings is 1. The van der Waals surface area contributed by atoms with Crippen molar-refractivity contribution < 1.29 is 4.79 Å². The molecule has 0 unspecified atom stereocenters. The van der Waals surface area contributed by atoms with Crippen LogP contribution in [-0.2, 0) is 13.5 Å². The molecule has 0 bridgehead atoms. The van der Waals surface area contributed by atoms with Gasteiger partial charge in [-0.25, -0.2) is 0 Å². The van der Waals surface area contributed by atoms with Crippen LogP contribution in [0.2, 0.25) is 0 Å². The molecule has 17 heavy (non-hydrogen) atoms. The number of ketones is 1. The molecule has 0 aliphatic heterocycles. The van der Waals surface area contributed by atoms with Crippen LogP contribution in [-0.4, -0.2) is 15.6 Å². The average molecular weight is 228 g/mol. The lowest BCUT2D eigenvalue weighted by Crippen LogP contribution is -2.01. The van der Waals surface area contributed by atoms with Crippen molar-refractivity contribution in [3.05, 3.63) is 53.3 Å². The number of carbonyl (C=O) groups excluding carboxylic acids is 1. The van der Waals surface area contributed by atoms with E-state index in [0.29, 0.717) is 12.0 Å². The Balaban J connectivity index is 1.99. The fourth-order valence-corrected chi connectivity index (χ4v) is 1.85. The largest absolute Gasteiger partial charge is 0.294 e. The number of carbonyl (C=O) groups is 1. The van der Waals surface area contributed by atoms with Crippen molar-refractivity contribution in [1.82, 2.24) is 9.78 Å². The quantitative estimate of drug-likeness (QED) is 0.754. The Bertz CT molecular complexity index is 529. The predicted molar refractivity (Wildman–Crippen MR) is 67.0 cm³/mol. The van der Waals surface area contributed by atoms with Gasteiger partial charge in [-0.05, 0) is 24.5 Å². The Morgan fingerprint density at radius 2 is 2.12 bits per heavy atom. The minimum atomic E-state index is 0.154. The van der Waals surface area contributed by atoms with E-state index in [9.17, 15) is 4.79 Å². The molecule has 3 nitrogen and oxygen atoms in total. The van der Waals surface area contributed by atoms with Gasteiger partial charge in [0.1, 0.15) is 0 Å². The minimum Gasteiger partial charge on any atom is -0.294 e. The lowest BCUT2D eigenvalue weighted by atomic mass is 10.0. The summed E-state index contributed by atoms with van der Waals surface area (Å²) in [6.45, 7) is 2.07. The van der Waals surface area contributed by atoms with E-state index in [2.05, 4.69) is 24.2 Å². The first-order valence-electron chi connectivity index (χ1n) is 5.73. The lowest BCUT2D eigenvalue weighted by Gasteiger charge is -2.03. The molecular formula is C14H16N2O. The van der Waals surface area contributed by atoms with E-state index in [-0.39, 0.29) is 5.78 Å². The third-order valence-corrected chi connectivity index (χ3v) is 2.91. The highest BCUT2D eigenvalue weighted by Gasteiger charge is 2.08. The third kappa shape index (κ3) is 2.81. The molecule has 0 N–H and O–H groups in total. The van der Waals surface area contributed by atoms with Crippen molar-refractivity contribution in [3.8, 4) is 0 Å². The normalized spacial score (nSPS) is 10.5. The molecule has 2 rings (SSSR count). The lowest BCUT2D eigenvalue weighted by molar-refractivity contribution is 0.0983. The van der Waals surface area contributed by atoms with Gasteiger partial charge in [0, 0.05) is 19.7 Å². The van der Waals surface area contributed by atoms with Gasteiger partial charge in [-0.3, -0.25) is 9.48 Å². The van der Waals surface area contributed by atoms with Crippen LogP contribution >= 0.6 is 0 Å². The number of aryl methyl sites for hydroxylation is 3. The van der Waals surface area contributed by atoms with Crippen molar-refractivity contribution in [2.75, 3.05) is 0 Å². The molecule has 0 atom stereocenters. The molecule has 0 spiro atoms. The van der Waals surface area contributed by atoms with Gasteiger partial charge in [-0.15, -0.1) is 0 Å². The van der Waals surface area contributed by atoms with E-state index in [0.717, 1.165) is 6.42 Å². The van der Waals surface area contributed by atoms with Crippen LogP contribution in [0.25, 0.3) is 0 Å². The highest BCUT2D eigenvalue weighted by molar-refractivity contribution is 5.95. The van der Waals surface area contributed by atoms with Crippen LogP contribution in [0.4, 0.5) is 0 Å². The van der Waals surface area contributed by atoms with Crippen LogP contribution in [0.5, 0.6) is 0 Å². The maximum absolute atomic E-state index is 11.9. The van der Waals surface area contributed by atoms with E-state index >= 15 is 0 Å². The number of hydrogen-bond donors (Lipinski definition) is 0. The molecule has 3 heteroatoms. The van der Waals surface area contributed by atoms with Gasteiger partial charge in [0.05, 0.1) is 11.8 Å².